The molecule has 74 valence electrons. The molecule has 2 heterocycles. The second-order valence-electron chi connectivity index (χ2n) is 3.11. The zero-order valence-electron chi connectivity index (χ0n) is 8.41. The van der Waals surface area contributed by atoms with Gasteiger partial charge >= 0.3 is 0 Å². The van der Waals surface area contributed by atoms with Gasteiger partial charge < -0.3 is 9.47 Å². The number of rotatable bonds is 2. The van der Waals surface area contributed by atoms with Crippen LogP contribution in [0.2, 0.25) is 0 Å². The highest BCUT2D eigenvalue weighted by molar-refractivity contribution is 5.67. The highest BCUT2D eigenvalue weighted by atomic mass is 16.5. The number of aromatic nitrogens is 1. The summed E-state index contributed by atoms with van der Waals surface area (Å²) in [5.41, 5.74) is 2.16. The molecule has 3 nitrogen and oxygen atoms in total. The molecule has 1 aliphatic rings. The molecule has 0 bridgehead atoms. The van der Waals surface area contributed by atoms with E-state index in [2.05, 4.69) is 18.0 Å². The monoisotopic (exact) mass is 191 g/mol. The van der Waals surface area contributed by atoms with Crippen molar-refractivity contribution in [2.24, 2.45) is 0 Å². The third-order valence-corrected chi connectivity index (χ3v) is 2.24. The molecule has 0 amide bonds. The highest BCUT2D eigenvalue weighted by Gasteiger charge is 2.21. The molecular formula is C11H13NO2. The number of hydrogen-bond acceptors (Lipinski definition) is 3. The van der Waals surface area contributed by atoms with Crippen molar-refractivity contribution in [3.05, 3.63) is 29.5 Å². The lowest BCUT2D eigenvalue weighted by atomic mass is 10.1. The van der Waals surface area contributed by atoms with Gasteiger partial charge in [0.25, 0.3) is 0 Å². The minimum atomic E-state index is 0.568. The van der Waals surface area contributed by atoms with E-state index in [1.807, 2.05) is 6.07 Å². The molecule has 2 rings (SSSR count). The van der Waals surface area contributed by atoms with Crippen LogP contribution in [0.4, 0.5) is 0 Å². The Labute approximate surface area is 83.4 Å². The van der Waals surface area contributed by atoms with E-state index in [0.29, 0.717) is 12.5 Å². The van der Waals surface area contributed by atoms with E-state index in [4.69, 9.17) is 9.47 Å². The molecule has 1 aromatic heterocycles. The van der Waals surface area contributed by atoms with Crippen LogP contribution in [0.15, 0.2) is 18.3 Å². The van der Waals surface area contributed by atoms with E-state index in [0.717, 1.165) is 23.3 Å². The van der Waals surface area contributed by atoms with Gasteiger partial charge in [-0.05, 0) is 18.6 Å². The standard InChI is InChI=1S/C11H13NO2/c1-3-4-10-8-5-6-12-11(13-2)9(8)7-14-10/h4-6H,3,7H2,1-2H3/b10-4-. The van der Waals surface area contributed by atoms with Gasteiger partial charge in [-0.1, -0.05) is 6.92 Å². The van der Waals surface area contributed by atoms with Crippen molar-refractivity contribution in [3.63, 3.8) is 0 Å². The quantitative estimate of drug-likeness (QED) is 0.719. The molecule has 14 heavy (non-hydrogen) atoms. The highest BCUT2D eigenvalue weighted by Crippen LogP contribution is 2.34. The van der Waals surface area contributed by atoms with Gasteiger partial charge in [-0.15, -0.1) is 0 Å². The predicted molar refractivity (Wildman–Crippen MR) is 53.8 cm³/mol. The van der Waals surface area contributed by atoms with Crippen molar-refractivity contribution >= 4 is 5.76 Å². The van der Waals surface area contributed by atoms with Gasteiger partial charge in [0.1, 0.15) is 12.4 Å². The van der Waals surface area contributed by atoms with Crippen molar-refractivity contribution in [3.8, 4) is 5.88 Å². The Hall–Kier alpha value is -1.51. The van der Waals surface area contributed by atoms with Gasteiger partial charge in [-0.3, -0.25) is 0 Å². The van der Waals surface area contributed by atoms with Gasteiger partial charge in [-0.2, -0.15) is 0 Å². The summed E-state index contributed by atoms with van der Waals surface area (Å²) in [4.78, 5) is 4.13. The zero-order valence-corrected chi connectivity index (χ0v) is 8.41. The molecule has 3 heteroatoms. The van der Waals surface area contributed by atoms with Crippen LogP contribution in [-0.2, 0) is 11.3 Å². The smallest absolute Gasteiger partial charge is 0.220 e. The Morgan fingerprint density at radius 1 is 1.64 bits per heavy atom. The summed E-state index contributed by atoms with van der Waals surface area (Å²) in [6.07, 6.45) is 4.79. The lowest BCUT2D eigenvalue weighted by molar-refractivity contribution is 0.277. The number of hydrogen-bond donors (Lipinski definition) is 0. The largest absolute Gasteiger partial charge is 0.488 e. The molecule has 0 radical (unpaired) electrons. The SMILES string of the molecule is CC/C=C1\OCc2c1ccnc2OC. The lowest BCUT2D eigenvalue weighted by Gasteiger charge is -2.02. The van der Waals surface area contributed by atoms with Crippen LogP contribution in [0.25, 0.3) is 5.76 Å². The van der Waals surface area contributed by atoms with Gasteiger partial charge in [-0.25, -0.2) is 4.98 Å². The fourth-order valence-electron chi connectivity index (χ4n) is 1.60. The second-order valence-corrected chi connectivity index (χ2v) is 3.11. The third kappa shape index (κ3) is 1.35. The third-order valence-electron chi connectivity index (χ3n) is 2.24. The van der Waals surface area contributed by atoms with E-state index in [1.54, 1.807) is 13.3 Å². The summed E-state index contributed by atoms with van der Waals surface area (Å²) in [5.74, 6) is 1.62. The first-order valence-corrected chi connectivity index (χ1v) is 4.72. The van der Waals surface area contributed by atoms with E-state index in [1.165, 1.54) is 0 Å². The van der Waals surface area contributed by atoms with Gasteiger partial charge in [0.15, 0.2) is 0 Å². The number of methoxy groups -OCH3 is 1. The van der Waals surface area contributed by atoms with Gasteiger partial charge in [0, 0.05) is 11.8 Å². The molecule has 0 unspecified atom stereocenters. The topological polar surface area (TPSA) is 31.4 Å². The van der Waals surface area contributed by atoms with E-state index in [9.17, 15) is 0 Å². The minimum absolute atomic E-state index is 0.568. The first-order chi connectivity index (χ1) is 6.86. The molecule has 1 aliphatic heterocycles. The molecular weight excluding hydrogens is 178 g/mol. The zero-order chi connectivity index (χ0) is 9.97. The van der Waals surface area contributed by atoms with Crippen LogP contribution >= 0.6 is 0 Å². The number of nitrogens with zero attached hydrogens (tertiary/aromatic N) is 1. The Bertz CT molecular complexity index is 372. The molecule has 0 fully saturated rings. The second kappa shape index (κ2) is 3.70. The minimum Gasteiger partial charge on any atom is -0.488 e. The van der Waals surface area contributed by atoms with Crippen LogP contribution in [-0.4, -0.2) is 12.1 Å². The van der Waals surface area contributed by atoms with Crippen LogP contribution in [0.3, 0.4) is 0 Å². The molecule has 0 N–H and O–H groups in total. The number of allylic oxidation sites excluding steroid dienone is 1. The number of fused-ring (bicyclic) bond motifs is 1. The molecule has 0 spiro atoms. The van der Waals surface area contributed by atoms with Crippen LogP contribution in [0.5, 0.6) is 5.88 Å². The molecule has 0 saturated carbocycles. The van der Waals surface area contributed by atoms with Gasteiger partial charge in [0.05, 0.1) is 12.7 Å². The first kappa shape index (κ1) is 9.06. The Balaban J connectivity index is 2.46. The fraction of sp³-hybridized carbons (Fsp3) is 0.364. The molecule has 0 saturated heterocycles. The van der Waals surface area contributed by atoms with E-state index in [-0.39, 0.29) is 0 Å². The molecule has 0 aromatic carbocycles. The summed E-state index contributed by atoms with van der Waals surface area (Å²) in [6, 6.07) is 1.96. The first-order valence-electron chi connectivity index (χ1n) is 4.72. The fourth-order valence-corrected chi connectivity index (χ4v) is 1.60. The normalized spacial score (nSPS) is 16.6. The summed E-state index contributed by atoms with van der Waals surface area (Å²) in [5, 5.41) is 0. The van der Waals surface area contributed by atoms with Gasteiger partial charge in [0.2, 0.25) is 5.88 Å². The van der Waals surface area contributed by atoms with Crippen molar-refractivity contribution in [1.82, 2.24) is 4.98 Å². The Kier molecular flexibility index (Phi) is 2.39. The Morgan fingerprint density at radius 2 is 2.50 bits per heavy atom. The molecule has 1 aromatic rings. The summed E-state index contributed by atoms with van der Waals surface area (Å²) >= 11 is 0. The maximum atomic E-state index is 5.55. The number of pyridine rings is 1. The summed E-state index contributed by atoms with van der Waals surface area (Å²) in [6.45, 7) is 2.66. The average molecular weight is 191 g/mol. The maximum Gasteiger partial charge on any atom is 0.220 e. The average Bonchev–Trinajstić information content (AvgIpc) is 2.62. The van der Waals surface area contributed by atoms with Crippen molar-refractivity contribution in [2.75, 3.05) is 7.11 Å². The molecule has 0 atom stereocenters. The van der Waals surface area contributed by atoms with Crippen molar-refractivity contribution < 1.29 is 9.47 Å². The van der Waals surface area contributed by atoms with E-state index >= 15 is 0 Å². The summed E-state index contributed by atoms with van der Waals surface area (Å²) in [7, 11) is 1.63. The lowest BCUT2D eigenvalue weighted by Crippen LogP contribution is -1.93. The van der Waals surface area contributed by atoms with Crippen LogP contribution < -0.4 is 4.74 Å². The molecule has 0 aliphatic carbocycles. The van der Waals surface area contributed by atoms with Crippen molar-refractivity contribution in [2.45, 2.75) is 20.0 Å². The summed E-state index contributed by atoms with van der Waals surface area (Å²) < 4.78 is 10.7. The predicted octanol–water partition coefficient (Wildman–Crippen LogP) is 2.37. The number of ether oxygens (including phenoxy) is 2. The maximum absolute atomic E-state index is 5.55. The van der Waals surface area contributed by atoms with E-state index < -0.39 is 0 Å². The van der Waals surface area contributed by atoms with Crippen LogP contribution in [0, 0.1) is 0 Å². The Morgan fingerprint density at radius 3 is 3.21 bits per heavy atom. The van der Waals surface area contributed by atoms with Crippen molar-refractivity contribution in [1.29, 1.82) is 0 Å². The van der Waals surface area contributed by atoms with Crippen LogP contribution in [0.1, 0.15) is 24.5 Å².